The Morgan fingerprint density at radius 1 is 1.11 bits per heavy atom. The van der Waals surface area contributed by atoms with Crippen LogP contribution in [0.4, 0.5) is 0 Å². The van der Waals surface area contributed by atoms with E-state index in [4.69, 9.17) is 16.2 Å². The standard InChI is InChI=1S/C32H33N3O2.H2/c1-7-28(36)21-35(5)20-24-13-11-14-26(18-24)32(33-4)34-31(8-2)25-16-17-30(27(19-25)22-37-6)29-15-10-9-12-23(29)3;/h2,7,9-19H,1,20-22H2,3-6H3;1H. The number of rotatable bonds is 10. The summed E-state index contributed by atoms with van der Waals surface area (Å²) in [6, 6.07) is 22.3. The summed E-state index contributed by atoms with van der Waals surface area (Å²) in [5, 5.41) is 0. The van der Waals surface area contributed by atoms with Gasteiger partial charge in [-0.25, -0.2) is 4.99 Å². The van der Waals surface area contributed by atoms with E-state index < -0.39 is 0 Å². The zero-order valence-electron chi connectivity index (χ0n) is 22.0. The highest BCUT2D eigenvalue weighted by Gasteiger charge is 2.13. The van der Waals surface area contributed by atoms with Crippen molar-refractivity contribution in [2.45, 2.75) is 20.1 Å². The fourth-order valence-electron chi connectivity index (χ4n) is 4.19. The lowest BCUT2D eigenvalue weighted by atomic mass is 9.94. The number of likely N-dealkylation sites (N-methyl/N-ethyl adjacent to an activating group) is 1. The number of aliphatic imine (C=N–C) groups is 2. The van der Waals surface area contributed by atoms with Gasteiger partial charge in [0.15, 0.2) is 11.6 Å². The monoisotopic (exact) mass is 493 g/mol. The molecule has 0 N–H and O–H groups in total. The maximum absolute atomic E-state index is 11.7. The van der Waals surface area contributed by atoms with Gasteiger partial charge in [0.25, 0.3) is 0 Å². The second kappa shape index (κ2) is 13.3. The Labute approximate surface area is 221 Å². The van der Waals surface area contributed by atoms with Crippen molar-refractivity contribution in [3.63, 3.8) is 0 Å². The number of aryl methyl sites for hydroxylation is 1. The van der Waals surface area contributed by atoms with E-state index in [-0.39, 0.29) is 7.21 Å². The highest BCUT2D eigenvalue weighted by Crippen LogP contribution is 2.28. The first-order chi connectivity index (χ1) is 17.9. The summed E-state index contributed by atoms with van der Waals surface area (Å²) < 4.78 is 5.50. The van der Waals surface area contributed by atoms with Crippen molar-refractivity contribution in [3.8, 4) is 23.5 Å². The first-order valence-corrected chi connectivity index (χ1v) is 12.0. The van der Waals surface area contributed by atoms with Gasteiger partial charge in [0.1, 0.15) is 5.71 Å². The minimum absolute atomic E-state index is 0. The van der Waals surface area contributed by atoms with Gasteiger partial charge in [0.2, 0.25) is 0 Å². The Morgan fingerprint density at radius 2 is 1.89 bits per heavy atom. The molecule has 5 nitrogen and oxygen atoms in total. The Morgan fingerprint density at radius 3 is 2.57 bits per heavy atom. The van der Waals surface area contributed by atoms with Crippen LogP contribution in [-0.4, -0.2) is 50.0 Å². The molecule has 0 bridgehead atoms. The largest absolute Gasteiger partial charge is 0.380 e. The number of terminal acetylenes is 1. The van der Waals surface area contributed by atoms with Gasteiger partial charge in [-0.3, -0.25) is 14.7 Å². The van der Waals surface area contributed by atoms with Crippen LogP contribution in [0.2, 0.25) is 0 Å². The SMILES string of the molecule is C#CC(=NC(=NC)c1cccc(CN(C)CC(=O)C=C)c1)c1ccc(-c2ccccc2C)c(COC)c1.[HH]. The van der Waals surface area contributed by atoms with Gasteiger partial charge in [-0.05, 0) is 65.9 Å². The van der Waals surface area contributed by atoms with Gasteiger partial charge in [0.05, 0.1) is 13.2 Å². The summed E-state index contributed by atoms with van der Waals surface area (Å²) in [5.41, 5.74) is 7.71. The number of ketones is 1. The molecule has 0 aromatic heterocycles. The molecular weight excluding hydrogens is 458 g/mol. The van der Waals surface area contributed by atoms with Crippen LogP contribution in [0.25, 0.3) is 11.1 Å². The number of carbonyl (C=O) groups excluding carboxylic acids is 1. The highest BCUT2D eigenvalue weighted by atomic mass is 16.5. The minimum atomic E-state index is -0.0148. The molecule has 190 valence electrons. The third-order valence-corrected chi connectivity index (χ3v) is 5.97. The van der Waals surface area contributed by atoms with Crippen molar-refractivity contribution in [3.05, 3.63) is 107 Å². The summed E-state index contributed by atoms with van der Waals surface area (Å²) in [6.07, 6.45) is 7.27. The van der Waals surface area contributed by atoms with E-state index in [1.54, 1.807) is 14.2 Å². The van der Waals surface area contributed by atoms with Crippen molar-refractivity contribution in [1.29, 1.82) is 0 Å². The van der Waals surface area contributed by atoms with Gasteiger partial charge >= 0.3 is 0 Å². The number of nitrogens with zero attached hydrogens (tertiary/aromatic N) is 3. The molecule has 0 aliphatic carbocycles. The van der Waals surface area contributed by atoms with Gasteiger partial charge < -0.3 is 4.74 Å². The molecule has 0 atom stereocenters. The van der Waals surface area contributed by atoms with E-state index in [2.05, 4.69) is 42.6 Å². The van der Waals surface area contributed by atoms with Gasteiger partial charge in [0, 0.05) is 33.3 Å². The molecule has 0 fully saturated rings. The zero-order valence-corrected chi connectivity index (χ0v) is 22.0. The van der Waals surface area contributed by atoms with Crippen molar-refractivity contribution in [2.24, 2.45) is 9.98 Å². The Balaban J connectivity index is 0.00000507. The Bertz CT molecular complexity index is 1390. The topological polar surface area (TPSA) is 54.3 Å². The van der Waals surface area contributed by atoms with E-state index >= 15 is 0 Å². The number of carbonyl (C=O) groups is 1. The number of ether oxygens (including phenoxy) is 1. The number of methoxy groups -OCH3 is 1. The first-order valence-electron chi connectivity index (χ1n) is 12.0. The van der Waals surface area contributed by atoms with E-state index in [1.165, 1.54) is 11.6 Å². The lowest BCUT2D eigenvalue weighted by molar-refractivity contribution is -0.115. The van der Waals surface area contributed by atoms with Crippen LogP contribution in [-0.2, 0) is 22.7 Å². The summed E-state index contributed by atoms with van der Waals surface area (Å²) in [7, 11) is 5.28. The molecule has 0 saturated carbocycles. The van der Waals surface area contributed by atoms with Gasteiger partial charge in [-0.2, -0.15) is 0 Å². The van der Waals surface area contributed by atoms with E-state index in [1.807, 2.05) is 60.5 Å². The molecule has 0 amide bonds. The molecule has 3 aromatic rings. The molecule has 0 aliphatic heterocycles. The maximum atomic E-state index is 11.7. The first kappa shape index (κ1) is 27.5. The molecule has 0 spiro atoms. The van der Waals surface area contributed by atoms with Crippen LogP contribution >= 0.6 is 0 Å². The normalized spacial score (nSPS) is 11.9. The van der Waals surface area contributed by atoms with Crippen LogP contribution in [0.1, 0.15) is 29.2 Å². The zero-order chi connectivity index (χ0) is 26.8. The Kier molecular flexibility index (Phi) is 9.85. The minimum Gasteiger partial charge on any atom is -0.380 e. The van der Waals surface area contributed by atoms with Crippen molar-refractivity contribution < 1.29 is 11.0 Å². The average Bonchev–Trinajstić information content (AvgIpc) is 2.90. The van der Waals surface area contributed by atoms with Crippen LogP contribution < -0.4 is 0 Å². The van der Waals surface area contributed by atoms with E-state index in [0.717, 1.165) is 33.4 Å². The lowest BCUT2D eigenvalue weighted by Gasteiger charge is -2.15. The quantitative estimate of drug-likeness (QED) is 0.157. The van der Waals surface area contributed by atoms with Crippen LogP contribution in [0.15, 0.2) is 89.4 Å². The van der Waals surface area contributed by atoms with Crippen LogP contribution in [0.5, 0.6) is 0 Å². The molecule has 0 radical (unpaired) electrons. The third-order valence-electron chi connectivity index (χ3n) is 5.97. The number of benzene rings is 3. The molecule has 0 aliphatic rings. The van der Waals surface area contributed by atoms with E-state index in [0.29, 0.717) is 31.2 Å². The Hall–Kier alpha value is -4.11. The molecule has 0 saturated heterocycles. The molecular formula is C32H35N3O2. The van der Waals surface area contributed by atoms with Crippen molar-refractivity contribution in [2.75, 3.05) is 27.7 Å². The van der Waals surface area contributed by atoms with Crippen molar-refractivity contribution in [1.82, 2.24) is 4.90 Å². The van der Waals surface area contributed by atoms with Crippen LogP contribution in [0.3, 0.4) is 0 Å². The second-order valence-corrected chi connectivity index (χ2v) is 8.81. The fourth-order valence-corrected chi connectivity index (χ4v) is 4.19. The molecule has 0 unspecified atom stereocenters. The summed E-state index contributed by atoms with van der Waals surface area (Å²) in [5.74, 6) is 3.26. The smallest absolute Gasteiger partial charge is 0.169 e. The summed E-state index contributed by atoms with van der Waals surface area (Å²) in [4.78, 5) is 22.8. The second-order valence-electron chi connectivity index (χ2n) is 8.81. The maximum Gasteiger partial charge on any atom is 0.169 e. The molecule has 37 heavy (non-hydrogen) atoms. The highest BCUT2D eigenvalue weighted by molar-refractivity contribution is 6.19. The summed E-state index contributed by atoms with van der Waals surface area (Å²) >= 11 is 0. The van der Waals surface area contributed by atoms with E-state index in [9.17, 15) is 4.79 Å². The predicted molar refractivity (Wildman–Crippen MR) is 155 cm³/mol. The molecule has 5 heteroatoms. The average molecular weight is 494 g/mol. The molecule has 3 rings (SSSR count). The van der Waals surface area contributed by atoms with Crippen molar-refractivity contribution >= 4 is 17.3 Å². The third kappa shape index (κ3) is 7.20. The number of amidine groups is 1. The lowest BCUT2D eigenvalue weighted by Crippen LogP contribution is -2.24. The number of hydrogen-bond acceptors (Lipinski definition) is 4. The summed E-state index contributed by atoms with van der Waals surface area (Å²) in [6.45, 7) is 7.01. The molecule has 0 heterocycles. The molecule has 3 aromatic carbocycles. The predicted octanol–water partition coefficient (Wildman–Crippen LogP) is 5.74. The fraction of sp³-hybridized carbons (Fsp3) is 0.219. The number of hydrogen-bond donors (Lipinski definition) is 0. The van der Waals surface area contributed by atoms with Crippen LogP contribution in [0, 0.1) is 19.3 Å². The van der Waals surface area contributed by atoms with Gasteiger partial charge in [-0.15, -0.1) is 6.42 Å². The van der Waals surface area contributed by atoms with Gasteiger partial charge in [-0.1, -0.05) is 61.2 Å².